The van der Waals surface area contributed by atoms with Crippen LogP contribution in [0.3, 0.4) is 0 Å². The van der Waals surface area contributed by atoms with Gasteiger partial charge in [0.1, 0.15) is 5.82 Å². The smallest absolute Gasteiger partial charge is 0.257 e. The standard InChI is InChI=1S/C14H22N4O/c1-9(2)13-12(7-16-11(4)17-13)14(19)18-6-5-15-10(3)8-18/h7,9-10,15H,5-6,8H2,1-4H3. The Hall–Kier alpha value is -1.49. The number of amides is 1. The zero-order valence-corrected chi connectivity index (χ0v) is 12.1. The number of carbonyl (C=O) groups is 1. The summed E-state index contributed by atoms with van der Waals surface area (Å²) in [6, 6.07) is 0.339. The number of hydrogen-bond donors (Lipinski definition) is 1. The van der Waals surface area contributed by atoms with Gasteiger partial charge in [0.2, 0.25) is 0 Å². The van der Waals surface area contributed by atoms with Gasteiger partial charge in [-0.2, -0.15) is 0 Å². The van der Waals surface area contributed by atoms with Crippen LogP contribution in [0.5, 0.6) is 0 Å². The van der Waals surface area contributed by atoms with E-state index >= 15 is 0 Å². The first-order valence-electron chi connectivity index (χ1n) is 6.85. The molecule has 1 fully saturated rings. The third kappa shape index (κ3) is 3.10. The minimum absolute atomic E-state index is 0.0528. The zero-order valence-electron chi connectivity index (χ0n) is 12.1. The highest BCUT2D eigenvalue weighted by atomic mass is 16.2. The lowest BCUT2D eigenvalue weighted by molar-refractivity contribution is 0.0706. The Balaban J connectivity index is 2.28. The van der Waals surface area contributed by atoms with E-state index in [0.717, 1.165) is 25.3 Å². The van der Waals surface area contributed by atoms with Gasteiger partial charge in [0.05, 0.1) is 11.3 Å². The molecule has 1 saturated heterocycles. The fraction of sp³-hybridized carbons (Fsp3) is 0.643. The molecule has 1 atom stereocenters. The second-order valence-electron chi connectivity index (χ2n) is 5.48. The summed E-state index contributed by atoms with van der Waals surface area (Å²) in [5.41, 5.74) is 1.50. The lowest BCUT2D eigenvalue weighted by Crippen LogP contribution is -2.51. The Morgan fingerprint density at radius 2 is 2.26 bits per heavy atom. The molecule has 5 nitrogen and oxygen atoms in total. The van der Waals surface area contributed by atoms with Crippen molar-refractivity contribution in [3.05, 3.63) is 23.3 Å². The van der Waals surface area contributed by atoms with E-state index in [2.05, 4.69) is 36.1 Å². The van der Waals surface area contributed by atoms with Crippen molar-refractivity contribution in [1.29, 1.82) is 0 Å². The molecule has 1 N–H and O–H groups in total. The molecule has 0 aromatic carbocycles. The molecule has 2 rings (SSSR count). The third-order valence-corrected chi connectivity index (χ3v) is 3.37. The molecule has 1 unspecified atom stereocenters. The van der Waals surface area contributed by atoms with E-state index in [9.17, 15) is 4.79 Å². The molecule has 104 valence electrons. The minimum Gasteiger partial charge on any atom is -0.336 e. The van der Waals surface area contributed by atoms with Crippen LogP contribution in [0.15, 0.2) is 6.20 Å². The number of nitrogens with zero attached hydrogens (tertiary/aromatic N) is 3. The number of nitrogens with one attached hydrogen (secondary N) is 1. The number of aromatic nitrogens is 2. The van der Waals surface area contributed by atoms with E-state index in [1.54, 1.807) is 6.20 Å². The van der Waals surface area contributed by atoms with E-state index in [1.807, 2.05) is 11.8 Å². The van der Waals surface area contributed by atoms with Crippen LogP contribution in [0.4, 0.5) is 0 Å². The van der Waals surface area contributed by atoms with Gasteiger partial charge in [-0.25, -0.2) is 9.97 Å². The van der Waals surface area contributed by atoms with Crippen LogP contribution in [0.1, 0.15) is 48.6 Å². The Kier molecular flexibility index (Phi) is 4.14. The summed E-state index contributed by atoms with van der Waals surface area (Å²) in [6.07, 6.45) is 1.67. The predicted molar refractivity (Wildman–Crippen MR) is 74.2 cm³/mol. The van der Waals surface area contributed by atoms with Gasteiger partial charge in [0.15, 0.2) is 0 Å². The molecular weight excluding hydrogens is 240 g/mol. The summed E-state index contributed by atoms with van der Waals surface area (Å²) in [5.74, 6) is 0.993. The molecule has 0 radical (unpaired) electrons. The normalized spacial score (nSPS) is 19.8. The summed E-state index contributed by atoms with van der Waals surface area (Å²) in [7, 11) is 0. The highest BCUT2D eigenvalue weighted by Gasteiger charge is 2.25. The Bertz CT molecular complexity index is 473. The van der Waals surface area contributed by atoms with Crippen molar-refractivity contribution in [1.82, 2.24) is 20.2 Å². The molecule has 0 spiro atoms. The lowest BCUT2D eigenvalue weighted by Gasteiger charge is -2.32. The topological polar surface area (TPSA) is 58.1 Å². The first kappa shape index (κ1) is 13.9. The van der Waals surface area contributed by atoms with Crippen LogP contribution in [-0.4, -0.2) is 46.5 Å². The molecule has 0 saturated carbocycles. The molecule has 19 heavy (non-hydrogen) atoms. The van der Waals surface area contributed by atoms with Gasteiger partial charge < -0.3 is 10.2 Å². The SMILES string of the molecule is Cc1ncc(C(=O)N2CCNC(C)C2)c(C(C)C)n1. The van der Waals surface area contributed by atoms with Crippen molar-refractivity contribution in [2.24, 2.45) is 0 Å². The van der Waals surface area contributed by atoms with Crippen LogP contribution in [-0.2, 0) is 0 Å². The number of rotatable bonds is 2. The maximum atomic E-state index is 12.6. The average Bonchev–Trinajstić information content (AvgIpc) is 2.37. The monoisotopic (exact) mass is 262 g/mol. The van der Waals surface area contributed by atoms with E-state index in [0.29, 0.717) is 17.4 Å². The number of carbonyl (C=O) groups excluding carboxylic acids is 1. The quantitative estimate of drug-likeness (QED) is 0.874. The highest BCUT2D eigenvalue weighted by molar-refractivity contribution is 5.95. The molecule has 1 amide bonds. The van der Waals surface area contributed by atoms with Crippen molar-refractivity contribution >= 4 is 5.91 Å². The van der Waals surface area contributed by atoms with Crippen LogP contribution < -0.4 is 5.32 Å². The maximum Gasteiger partial charge on any atom is 0.257 e. The summed E-state index contributed by atoms with van der Waals surface area (Å²) in [5, 5.41) is 3.34. The number of hydrogen-bond acceptors (Lipinski definition) is 4. The summed E-state index contributed by atoms with van der Waals surface area (Å²) >= 11 is 0. The Labute approximate surface area is 114 Å². The second kappa shape index (κ2) is 5.65. The van der Waals surface area contributed by atoms with Gasteiger partial charge in [-0.3, -0.25) is 4.79 Å². The molecule has 2 heterocycles. The van der Waals surface area contributed by atoms with Crippen LogP contribution in [0.25, 0.3) is 0 Å². The van der Waals surface area contributed by atoms with E-state index in [4.69, 9.17) is 0 Å². The van der Waals surface area contributed by atoms with Crippen LogP contribution in [0, 0.1) is 6.92 Å². The second-order valence-corrected chi connectivity index (χ2v) is 5.48. The van der Waals surface area contributed by atoms with Crippen molar-refractivity contribution in [2.75, 3.05) is 19.6 Å². The average molecular weight is 262 g/mol. The summed E-state index contributed by atoms with van der Waals surface area (Å²) < 4.78 is 0. The molecule has 1 aliphatic rings. The zero-order chi connectivity index (χ0) is 14.0. The van der Waals surface area contributed by atoms with Crippen LogP contribution >= 0.6 is 0 Å². The Morgan fingerprint density at radius 1 is 1.53 bits per heavy atom. The predicted octanol–water partition coefficient (Wildman–Crippen LogP) is 1.34. The fourth-order valence-electron chi connectivity index (χ4n) is 2.38. The van der Waals surface area contributed by atoms with Crippen LogP contribution in [0.2, 0.25) is 0 Å². The van der Waals surface area contributed by atoms with Gasteiger partial charge in [-0.1, -0.05) is 13.8 Å². The van der Waals surface area contributed by atoms with Gasteiger partial charge in [-0.05, 0) is 19.8 Å². The maximum absolute atomic E-state index is 12.6. The molecule has 0 bridgehead atoms. The molecule has 1 aromatic rings. The van der Waals surface area contributed by atoms with Crippen molar-refractivity contribution in [3.8, 4) is 0 Å². The Morgan fingerprint density at radius 3 is 2.89 bits per heavy atom. The van der Waals surface area contributed by atoms with Crippen molar-refractivity contribution in [2.45, 2.75) is 39.7 Å². The fourth-order valence-corrected chi connectivity index (χ4v) is 2.38. The lowest BCUT2D eigenvalue weighted by atomic mass is 10.0. The molecule has 5 heteroatoms. The van der Waals surface area contributed by atoms with E-state index in [-0.39, 0.29) is 11.8 Å². The first-order valence-corrected chi connectivity index (χ1v) is 6.85. The third-order valence-electron chi connectivity index (χ3n) is 3.37. The van der Waals surface area contributed by atoms with Crippen molar-refractivity contribution < 1.29 is 4.79 Å². The van der Waals surface area contributed by atoms with Gasteiger partial charge >= 0.3 is 0 Å². The van der Waals surface area contributed by atoms with Gasteiger partial charge in [-0.15, -0.1) is 0 Å². The first-order chi connectivity index (χ1) is 8.99. The molecular formula is C14H22N4O. The van der Waals surface area contributed by atoms with Gasteiger partial charge in [0.25, 0.3) is 5.91 Å². The van der Waals surface area contributed by atoms with Crippen molar-refractivity contribution in [3.63, 3.8) is 0 Å². The number of aryl methyl sites for hydroxylation is 1. The number of piperazine rings is 1. The van der Waals surface area contributed by atoms with E-state index in [1.165, 1.54) is 0 Å². The molecule has 0 aliphatic carbocycles. The minimum atomic E-state index is 0.0528. The van der Waals surface area contributed by atoms with E-state index < -0.39 is 0 Å². The summed E-state index contributed by atoms with van der Waals surface area (Å²) in [6.45, 7) is 10.4. The molecule has 1 aliphatic heterocycles. The summed E-state index contributed by atoms with van der Waals surface area (Å²) in [4.78, 5) is 23.1. The highest BCUT2D eigenvalue weighted by Crippen LogP contribution is 2.19. The largest absolute Gasteiger partial charge is 0.336 e. The van der Waals surface area contributed by atoms with Gasteiger partial charge in [0, 0.05) is 31.9 Å². The molecule has 1 aromatic heterocycles.